The van der Waals surface area contributed by atoms with E-state index in [4.69, 9.17) is 4.74 Å². The lowest BCUT2D eigenvalue weighted by Crippen LogP contribution is -2.40. The van der Waals surface area contributed by atoms with Crippen LogP contribution in [0.3, 0.4) is 0 Å². The van der Waals surface area contributed by atoms with Crippen molar-refractivity contribution in [2.45, 2.75) is 19.9 Å². The van der Waals surface area contributed by atoms with Crippen LogP contribution in [0.2, 0.25) is 0 Å². The van der Waals surface area contributed by atoms with Crippen molar-refractivity contribution in [3.05, 3.63) is 66.9 Å². The van der Waals surface area contributed by atoms with E-state index in [1.165, 1.54) is 11.3 Å². The van der Waals surface area contributed by atoms with Crippen LogP contribution in [0.5, 0.6) is 0 Å². The van der Waals surface area contributed by atoms with Gasteiger partial charge in [-0.25, -0.2) is 9.79 Å². The first kappa shape index (κ1) is 18.1. The number of esters is 1. The molecule has 6 nitrogen and oxygen atoms in total. The molecule has 0 radical (unpaired) electrons. The Morgan fingerprint density at radius 3 is 2.65 bits per heavy atom. The Balaban J connectivity index is 2.31. The summed E-state index contributed by atoms with van der Waals surface area (Å²) >= 11 is 1.32. The molecule has 0 N–H and O–H groups in total. The lowest BCUT2D eigenvalue weighted by atomic mass is 9.96. The highest BCUT2D eigenvalue weighted by molar-refractivity contribution is 7.07. The number of rotatable bonds is 4. The number of benzene rings is 1. The third-order valence-corrected chi connectivity index (χ3v) is 4.98. The zero-order chi connectivity index (χ0) is 18.8. The number of allylic oxidation sites excluding steroid dienone is 1. The molecule has 0 spiro atoms. The molecule has 0 bridgehead atoms. The number of nitrogens with zero attached hydrogens (tertiary/aromatic N) is 3. The van der Waals surface area contributed by atoms with Crippen LogP contribution in [0.25, 0.3) is 6.20 Å². The summed E-state index contributed by atoms with van der Waals surface area (Å²) in [4.78, 5) is 32.6. The molecule has 0 saturated heterocycles. The Labute approximate surface area is 155 Å². The number of carbonyl (C=O) groups excluding carboxylic acids is 1. The van der Waals surface area contributed by atoms with Crippen molar-refractivity contribution >= 4 is 23.5 Å². The molecule has 26 heavy (non-hydrogen) atoms. The smallest absolute Gasteiger partial charge is 0.338 e. The average Bonchev–Trinajstić information content (AvgIpc) is 2.89. The summed E-state index contributed by atoms with van der Waals surface area (Å²) in [6.07, 6.45) is 1.77. The molecule has 2 heterocycles. The molecule has 0 aliphatic carbocycles. The predicted octanol–water partition coefficient (Wildman–Crippen LogP) is 1.27. The summed E-state index contributed by atoms with van der Waals surface area (Å²) in [6, 6.07) is 8.96. The van der Waals surface area contributed by atoms with Crippen LogP contribution < -0.4 is 14.9 Å². The fourth-order valence-corrected chi connectivity index (χ4v) is 4.08. The zero-order valence-electron chi connectivity index (χ0n) is 15.2. The third kappa shape index (κ3) is 3.22. The second kappa shape index (κ2) is 7.29. The van der Waals surface area contributed by atoms with E-state index in [0.29, 0.717) is 20.6 Å². The van der Waals surface area contributed by atoms with Crippen LogP contribution in [-0.2, 0) is 9.53 Å². The predicted molar refractivity (Wildman–Crippen MR) is 101 cm³/mol. The number of hydrogen-bond acceptors (Lipinski definition) is 6. The quantitative estimate of drug-likeness (QED) is 0.760. The summed E-state index contributed by atoms with van der Waals surface area (Å²) in [5.41, 5.74) is 1.67. The van der Waals surface area contributed by atoms with Gasteiger partial charge in [0.25, 0.3) is 5.56 Å². The lowest BCUT2D eigenvalue weighted by molar-refractivity contribution is -0.139. The molecule has 1 aliphatic heterocycles. The molecule has 2 aromatic rings. The second-order valence-electron chi connectivity index (χ2n) is 6.16. The third-order valence-electron chi connectivity index (χ3n) is 4.01. The van der Waals surface area contributed by atoms with Crippen LogP contribution in [-0.4, -0.2) is 36.1 Å². The van der Waals surface area contributed by atoms with Crippen molar-refractivity contribution in [1.82, 2.24) is 9.47 Å². The van der Waals surface area contributed by atoms with Gasteiger partial charge in [-0.2, -0.15) is 0 Å². The highest BCUT2D eigenvalue weighted by Crippen LogP contribution is 2.30. The molecule has 1 aromatic heterocycles. The van der Waals surface area contributed by atoms with Crippen molar-refractivity contribution in [2.75, 3.05) is 20.7 Å². The van der Waals surface area contributed by atoms with Gasteiger partial charge in [0.1, 0.15) is 4.53 Å². The van der Waals surface area contributed by atoms with Gasteiger partial charge in [0.05, 0.1) is 23.9 Å². The lowest BCUT2D eigenvalue weighted by Gasteiger charge is -2.24. The monoisotopic (exact) mass is 371 g/mol. The first-order valence-electron chi connectivity index (χ1n) is 8.35. The molecule has 136 valence electrons. The van der Waals surface area contributed by atoms with E-state index in [1.54, 1.807) is 24.6 Å². The van der Waals surface area contributed by atoms with Gasteiger partial charge in [-0.3, -0.25) is 9.36 Å². The van der Waals surface area contributed by atoms with E-state index >= 15 is 0 Å². The molecule has 1 atom stereocenters. The minimum Gasteiger partial charge on any atom is -0.463 e. The normalized spacial score (nSPS) is 16.9. The number of hydrogen-bond donors (Lipinski definition) is 0. The molecule has 1 aromatic carbocycles. The maximum Gasteiger partial charge on any atom is 0.338 e. The van der Waals surface area contributed by atoms with E-state index in [2.05, 4.69) is 4.99 Å². The van der Waals surface area contributed by atoms with Gasteiger partial charge < -0.3 is 9.64 Å². The molecule has 1 unspecified atom stereocenters. The van der Waals surface area contributed by atoms with Gasteiger partial charge in [0.15, 0.2) is 4.80 Å². The molecule has 0 saturated carbocycles. The van der Waals surface area contributed by atoms with Gasteiger partial charge in [-0.05, 0) is 19.4 Å². The number of fused-ring (bicyclic) bond motifs is 1. The average molecular weight is 371 g/mol. The van der Waals surface area contributed by atoms with E-state index in [0.717, 1.165) is 5.56 Å². The summed E-state index contributed by atoms with van der Waals surface area (Å²) in [5.74, 6) is -0.440. The van der Waals surface area contributed by atoms with Crippen LogP contribution in [0.15, 0.2) is 51.4 Å². The first-order valence-corrected chi connectivity index (χ1v) is 9.16. The summed E-state index contributed by atoms with van der Waals surface area (Å²) < 4.78 is 7.41. The van der Waals surface area contributed by atoms with Crippen molar-refractivity contribution in [2.24, 2.45) is 4.99 Å². The Morgan fingerprint density at radius 1 is 1.35 bits per heavy atom. The van der Waals surface area contributed by atoms with Gasteiger partial charge >= 0.3 is 5.97 Å². The molecule has 0 amide bonds. The van der Waals surface area contributed by atoms with Crippen molar-refractivity contribution < 1.29 is 9.53 Å². The Morgan fingerprint density at radius 2 is 2.04 bits per heavy atom. The van der Waals surface area contributed by atoms with Crippen molar-refractivity contribution in [3.8, 4) is 0 Å². The minimum absolute atomic E-state index is 0.161. The number of carbonyl (C=O) groups is 1. The van der Waals surface area contributed by atoms with Gasteiger partial charge in [0, 0.05) is 20.3 Å². The van der Waals surface area contributed by atoms with Crippen LogP contribution in [0.1, 0.15) is 25.5 Å². The highest BCUT2D eigenvalue weighted by Gasteiger charge is 2.33. The molecular weight excluding hydrogens is 350 g/mol. The standard InChI is InChI=1S/C19H21N3O3S/c1-5-25-18(24)15-12(2)20-19-22(16(15)13-9-7-6-8-10-13)17(23)14(26-19)11-21(3)4/h6-11,16H,5H2,1-4H3/b14-11+. The largest absolute Gasteiger partial charge is 0.463 e. The van der Waals surface area contributed by atoms with Crippen LogP contribution in [0, 0.1) is 0 Å². The number of ether oxygens (including phenoxy) is 1. The van der Waals surface area contributed by atoms with Crippen molar-refractivity contribution in [1.29, 1.82) is 0 Å². The van der Waals surface area contributed by atoms with Gasteiger partial charge in [0.2, 0.25) is 0 Å². The molecule has 7 heteroatoms. The highest BCUT2D eigenvalue weighted by atomic mass is 32.1. The second-order valence-corrected chi connectivity index (χ2v) is 7.17. The number of aromatic nitrogens is 1. The van der Waals surface area contributed by atoms with E-state index < -0.39 is 12.0 Å². The fourth-order valence-electron chi connectivity index (χ4n) is 2.97. The fraction of sp³-hybridized carbons (Fsp3) is 0.316. The Kier molecular flexibility index (Phi) is 5.08. The summed E-state index contributed by atoms with van der Waals surface area (Å²) in [5, 5.41) is 0. The first-order chi connectivity index (χ1) is 12.4. The molecule has 1 aliphatic rings. The molecule has 3 rings (SSSR count). The Hall–Kier alpha value is -2.67. The topological polar surface area (TPSA) is 63.9 Å². The van der Waals surface area contributed by atoms with Crippen LogP contribution in [0.4, 0.5) is 0 Å². The minimum atomic E-state index is -0.546. The van der Waals surface area contributed by atoms with E-state index in [-0.39, 0.29) is 12.2 Å². The molecular formula is C19H21N3O3S. The summed E-state index contributed by atoms with van der Waals surface area (Å²) in [7, 11) is 3.73. The molecule has 0 fully saturated rings. The van der Waals surface area contributed by atoms with Crippen molar-refractivity contribution in [3.63, 3.8) is 0 Å². The summed E-state index contributed by atoms with van der Waals surface area (Å²) in [6.45, 7) is 3.81. The maximum absolute atomic E-state index is 13.0. The zero-order valence-corrected chi connectivity index (χ0v) is 16.0. The van der Waals surface area contributed by atoms with Crippen LogP contribution >= 0.6 is 11.3 Å². The SMILES string of the molecule is CCOC(=O)C1=C(C)N=c2s/c(=C/N(C)C)c(=O)n2C1c1ccccc1. The maximum atomic E-state index is 13.0. The number of thiazole rings is 1. The van der Waals surface area contributed by atoms with E-state index in [9.17, 15) is 9.59 Å². The van der Waals surface area contributed by atoms with Gasteiger partial charge in [-0.1, -0.05) is 41.7 Å². The van der Waals surface area contributed by atoms with E-state index in [1.807, 2.05) is 49.3 Å². The Bertz CT molecular complexity index is 1030. The van der Waals surface area contributed by atoms with Gasteiger partial charge in [-0.15, -0.1) is 0 Å².